The summed E-state index contributed by atoms with van der Waals surface area (Å²) >= 11 is 6.78. The second kappa shape index (κ2) is 28.9. The number of carboxylic acid groups (broad SMARTS) is 3. The fourth-order valence-electron chi connectivity index (χ4n) is 12.0. The van der Waals surface area contributed by atoms with Gasteiger partial charge < -0.3 is 45.2 Å². The first-order valence-corrected chi connectivity index (χ1v) is 28.6. The normalized spacial score (nSPS) is 23.2. The topological polar surface area (TPSA) is 263 Å². The van der Waals surface area contributed by atoms with Crippen LogP contribution in [0.5, 0.6) is 11.8 Å². The molecular formula is C57H81ClN12O10. The van der Waals surface area contributed by atoms with Crippen LogP contribution in [0.4, 0.5) is 11.5 Å². The number of benzene rings is 2. The van der Waals surface area contributed by atoms with Gasteiger partial charge in [0.15, 0.2) is 0 Å². The lowest BCUT2D eigenvalue weighted by Gasteiger charge is -2.43. The molecule has 5 N–H and O–H groups in total. The van der Waals surface area contributed by atoms with E-state index in [2.05, 4.69) is 32.7 Å². The van der Waals surface area contributed by atoms with Crippen LogP contribution in [-0.4, -0.2) is 231 Å². The van der Waals surface area contributed by atoms with Crippen molar-refractivity contribution in [3.05, 3.63) is 59.3 Å². The number of anilines is 2. The van der Waals surface area contributed by atoms with E-state index in [1.54, 1.807) is 31.7 Å². The zero-order valence-electron chi connectivity index (χ0n) is 46.8. The molecule has 3 fully saturated rings. The molecule has 2 amide bonds. The van der Waals surface area contributed by atoms with Gasteiger partial charge in [0.2, 0.25) is 11.8 Å². The van der Waals surface area contributed by atoms with Crippen molar-refractivity contribution in [2.45, 2.75) is 122 Å². The number of aromatic hydroxyl groups is 1. The summed E-state index contributed by atoms with van der Waals surface area (Å²) in [5.41, 5.74) is 2.58. The summed E-state index contributed by atoms with van der Waals surface area (Å²) < 4.78 is 6.55. The van der Waals surface area contributed by atoms with Gasteiger partial charge in [-0.3, -0.25) is 48.5 Å². The number of carbonyl (C=O) groups is 5. The molecule has 436 valence electrons. The van der Waals surface area contributed by atoms with Crippen molar-refractivity contribution in [1.29, 1.82) is 5.26 Å². The molecule has 2 aromatic carbocycles. The Hall–Kier alpha value is -6.35. The average Bonchev–Trinajstić information content (AvgIpc) is 3.88. The number of likely N-dealkylation sites (tertiary alicyclic amines) is 1. The maximum Gasteiger partial charge on any atom is 0.318 e. The molecular weight excluding hydrogens is 1050 g/mol. The van der Waals surface area contributed by atoms with Gasteiger partial charge in [-0.1, -0.05) is 43.2 Å². The summed E-state index contributed by atoms with van der Waals surface area (Å²) in [4.78, 5) is 88.3. The van der Waals surface area contributed by atoms with Crippen LogP contribution in [0, 0.1) is 11.3 Å². The Bertz CT molecular complexity index is 2700. The summed E-state index contributed by atoms with van der Waals surface area (Å²) in [6.45, 7) is 16.7. The molecule has 22 nitrogen and oxygen atoms in total. The molecule has 0 aliphatic carbocycles. The number of nitriles is 1. The molecule has 0 spiro atoms. The monoisotopic (exact) mass is 1130 g/mol. The lowest BCUT2D eigenvalue weighted by atomic mass is 10.0. The predicted molar refractivity (Wildman–Crippen MR) is 304 cm³/mol. The number of halogens is 1. The number of hydrogen-bond donors (Lipinski definition) is 5. The number of nitrogens with zero attached hydrogens (tertiary/aromatic N) is 11. The molecule has 0 unspecified atom stereocenters. The number of aliphatic carboxylic acids is 3. The number of hydrogen-bond acceptors (Lipinski definition) is 17. The van der Waals surface area contributed by atoms with E-state index in [0.29, 0.717) is 70.4 Å². The minimum absolute atomic E-state index is 0.0426. The number of phenolic OH excluding ortho intramolecular Hbond substituents is 1. The van der Waals surface area contributed by atoms with Crippen LogP contribution in [0.2, 0.25) is 5.02 Å². The summed E-state index contributed by atoms with van der Waals surface area (Å²) in [5.74, 6) is -2.56. The molecule has 0 saturated carbocycles. The third-order valence-electron chi connectivity index (χ3n) is 16.3. The number of piperazine rings is 1. The van der Waals surface area contributed by atoms with Crippen molar-refractivity contribution >= 4 is 63.6 Å². The van der Waals surface area contributed by atoms with Crippen LogP contribution >= 0.6 is 11.6 Å². The highest BCUT2D eigenvalue weighted by atomic mass is 35.5. The van der Waals surface area contributed by atoms with Gasteiger partial charge in [-0.05, 0) is 96.5 Å². The van der Waals surface area contributed by atoms with E-state index in [9.17, 15) is 49.7 Å². The van der Waals surface area contributed by atoms with E-state index >= 15 is 0 Å². The zero-order chi connectivity index (χ0) is 57.6. The SMILES string of the molecule is C=CC(=O)N1CCN(c2nc(OC[C@@H]3CCCN3CCCCCCNC(=O)CN3C[C@H](C)N(CC(=O)O)C[C@H](C)N(CC(=O)O)C[C@H](C)N(CC(=O)O)C[C@@H]3C)nc3c2CCN(c2cc(O)cc4cccc(Cl)c24)C3)C[C@@H]1CC#N. The van der Waals surface area contributed by atoms with Crippen LogP contribution in [0.1, 0.15) is 83.9 Å². The van der Waals surface area contributed by atoms with Crippen LogP contribution < -0.4 is 19.9 Å². The van der Waals surface area contributed by atoms with Crippen molar-refractivity contribution in [2.75, 3.05) is 115 Å². The maximum absolute atomic E-state index is 13.6. The summed E-state index contributed by atoms with van der Waals surface area (Å²) in [7, 11) is 0. The van der Waals surface area contributed by atoms with E-state index in [0.717, 1.165) is 85.1 Å². The molecule has 3 aromatic rings. The van der Waals surface area contributed by atoms with Gasteiger partial charge in [-0.25, -0.2) is 0 Å². The van der Waals surface area contributed by atoms with Gasteiger partial charge >= 0.3 is 23.9 Å². The molecule has 4 aliphatic heterocycles. The highest BCUT2D eigenvalue weighted by Crippen LogP contribution is 2.40. The molecule has 0 radical (unpaired) electrons. The molecule has 0 bridgehead atoms. The summed E-state index contributed by atoms with van der Waals surface area (Å²) in [5, 5.41) is 55.3. The Labute approximate surface area is 474 Å². The number of phenols is 1. The summed E-state index contributed by atoms with van der Waals surface area (Å²) in [6.07, 6.45) is 7.68. The quantitative estimate of drug-likeness (QED) is 0.0697. The lowest BCUT2D eigenvalue weighted by molar-refractivity contribution is -0.142. The predicted octanol–water partition coefficient (Wildman–Crippen LogP) is 4.22. The van der Waals surface area contributed by atoms with Crippen molar-refractivity contribution in [3.8, 4) is 17.8 Å². The number of unbranched alkanes of at least 4 members (excludes halogenated alkanes) is 3. The van der Waals surface area contributed by atoms with E-state index < -0.39 is 17.9 Å². The van der Waals surface area contributed by atoms with Crippen molar-refractivity contribution < 1.29 is 49.1 Å². The number of carboxylic acids is 3. The minimum Gasteiger partial charge on any atom is -0.508 e. The number of carbonyl (C=O) groups excluding carboxylic acids is 2. The van der Waals surface area contributed by atoms with Gasteiger partial charge in [-0.15, -0.1) is 0 Å². The van der Waals surface area contributed by atoms with Crippen LogP contribution in [0.3, 0.4) is 0 Å². The lowest BCUT2D eigenvalue weighted by Crippen LogP contribution is -2.58. The number of amides is 2. The Morgan fingerprint density at radius 1 is 0.775 bits per heavy atom. The van der Waals surface area contributed by atoms with E-state index in [1.165, 1.54) is 6.08 Å². The Morgan fingerprint density at radius 2 is 1.40 bits per heavy atom. The highest BCUT2D eigenvalue weighted by molar-refractivity contribution is 6.36. The number of aromatic nitrogens is 2. The van der Waals surface area contributed by atoms with Crippen LogP contribution in [-0.2, 0) is 36.9 Å². The molecule has 1 aromatic heterocycles. The van der Waals surface area contributed by atoms with Crippen molar-refractivity contribution in [2.24, 2.45) is 0 Å². The Morgan fingerprint density at radius 3 is 2.01 bits per heavy atom. The van der Waals surface area contributed by atoms with E-state index in [-0.39, 0.29) is 106 Å². The van der Waals surface area contributed by atoms with Gasteiger partial charge in [0.1, 0.15) is 18.2 Å². The number of nitrogens with one attached hydrogen (secondary N) is 1. The minimum atomic E-state index is -1.03. The van der Waals surface area contributed by atoms with E-state index in [4.69, 9.17) is 26.3 Å². The molecule has 80 heavy (non-hydrogen) atoms. The second-order valence-electron chi connectivity index (χ2n) is 22.1. The first-order chi connectivity index (χ1) is 38.3. The van der Waals surface area contributed by atoms with E-state index in [1.807, 2.05) is 50.8 Å². The van der Waals surface area contributed by atoms with Gasteiger partial charge in [0, 0.05) is 106 Å². The van der Waals surface area contributed by atoms with Crippen LogP contribution in [0.15, 0.2) is 43.0 Å². The van der Waals surface area contributed by atoms with Crippen LogP contribution in [0.25, 0.3) is 10.8 Å². The smallest absolute Gasteiger partial charge is 0.318 e. The van der Waals surface area contributed by atoms with Gasteiger partial charge in [0.25, 0.3) is 0 Å². The molecule has 3 saturated heterocycles. The third-order valence-corrected chi connectivity index (χ3v) is 16.6. The maximum atomic E-state index is 13.6. The first-order valence-electron chi connectivity index (χ1n) is 28.2. The van der Waals surface area contributed by atoms with Crippen molar-refractivity contribution in [3.63, 3.8) is 0 Å². The second-order valence-corrected chi connectivity index (χ2v) is 22.5. The summed E-state index contributed by atoms with van der Waals surface area (Å²) in [6, 6.07) is 10.1. The molecule has 5 heterocycles. The fraction of sp³-hybridized carbons (Fsp3) is 0.614. The third kappa shape index (κ3) is 16.4. The highest BCUT2D eigenvalue weighted by Gasteiger charge is 2.36. The average molecular weight is 1130 g/mol. The molecule has 4 aliphatic rings. The number of rotatable bonds is 22. The van der Waals surface area contributed by atoms with Gasteiger partial charge in [-0.2, -0.15) is 15.2 Å². The standard InChI is InChI=1S/C57H81ClN12O10/c1-6-51(73)70-24-23-65(31-43(70)16-18-59)56-46-17-22-64(49-26-45(71)25-42-13-11-15-47(58)55(42)49)32-48(46)61-57(62-56)80-37-44-14-12-21-63(44)20-10-8-7-9-19-60-50(72)33-66-27-39(3)68(35-53(76)77)29-41(5)69(36-54(78)79)30-40(4)67(28-38(66)2)34-52(74)75/h6,11,13,15,25-26,38-41,43-44,71H,1,7-10,12,14,16-17,19-24,27-37H2,2-5H3,(H,60,72)(H,74,75)(H,76,77)(H,78,79)/t38-,39-,40-,41-,43-,44-/m0/s1. The van der Waals surface area contributed by atoms with Crippen molar-refractivity contribution in [1.82, 2.24) is 44.7 Å². The molecule has 6 atom stereocenters. The molecule has 23 heteroatoms. The first kappa shape index (κ1) is 61.3. The fourth-order valence-corrected chi connectivity index (χ4v) is 12.3. The largest absolute Gasteiger partial charge is 0.508 e. The number of fused-ring (bicyclic) bond motifs is 2. The zero-order valence-corrected chi connectivity index (χ0v) is 47.6. The van der Waals surface area contributed by atoms with Gasteiger partial charge in [0.05, 0.1) is 67.7 Å². The number of ether oxygens (including phenoxy) is 1. The molecule has 7 rings (SSSR count). The Balaban J connectivity index is 0.942. The Kier molecular flexibility index (Phi) is 22.1.